The van der Waals surface area contributed by atoms with Crippen LogP contribution in [0.1, 0.15) is 26.2 Å². The number of hydrogen-bond acceptors (Lipinski definition) is 4. The predicted octanol–water partition coefficient (Wildman–Crippen LogP) is 2.47. The van der Waals surface area contributed by atoms with Crippen molar-refractivity contribution in [3.05, 3.63) is 18.2 Å². The molecule has 1 unspecified atom stereocenters. The van der Waals surface area contributed by atoms with Gasteiger partial charge in [0.2, 0.25) is 0 Å². The molecule has 2 N–H and O–H groups in total. The molecule has 0 spiro atoms. The SMILES string of the molecule is CCOc1ccc(N)c(S(=O)CCCCC#N)c1. The summed E-state index contributed by atoms with van der Waals surface area (Å²) in [6, 6.07) is 7.30. The summed E-state index contributed by atoms with van der Waals surface area (Å²) in [5.41, 5.74) is 6.34. The third-order valence-corrected chi connectivity index (χ3v) is 3.91. The standard InChI is InChI=1S/C13H18N2O2S/c1-2-17-11-6-7-12(15)13(10-11)18(16)9-5-3-4-8-14/h6-7,10H,2-5,9,15H2,1H3. The van der Waals surface area contributed by atoms with Gasteiger partial charge < -0.3 is 10.5 Å². The van der Waals surface area contributed by atoms with Crippen molar-refractivity contribution in [2.75, 3.05) is 18.1 Å². The van der Waals surface area contributed by atoms with E-state index in [0.29, 0.717) is 35.1 Å². The lowest BCUT2D eigenvalue weighted by molar-refractivity contribution is 0.339. The quantitative estimate of drug-likeness (QED) is 0.607. The van der Waals surface area contributed by atoms with Crippen LogP contribution in [0, 0.1) is 11.3 Å². The molecule has 0 aliphatic heterocycles. The molecule has 0 aliphatic rings. The number of benzene rings is 1. The number of nitrogens with two attached hydrogens (primary N) is 1. The molecule has 1 aromatic rings. The summed E-state index contributed by atoms with van der Waals surface area (Å²) in [7, 11) is -1.13. The van der Waals surface area contributed by atoms with E-state index in [-0.39, 0.29) is 0 Å². The second kappa shape index (κ2) is 7.72. The van der Waals surface area contributed by atoms with Crippen molar-refractivity contribution in [2.24, 2.45) is 0 Å². The number of nitriles is 1. The molecule has 0 amide bonds. The first kappa shape index (κ1) is 14.5. The maximum absolute atomic E-state index is 12.1. The van der Waals surface area contributed by atoms with E-state index in [9.17, 15) is 4.21 Å². The molecule has 1 aromatic carbocycles. The highest BCUT2D eigenvalue weighted by atomic mass is 32.2. The van der Waals surface area contributed by atoms with E-state index < -0.39 is 10.8 Å². The van der Waals surface area contributed by atoms with Gasteiger partial charge in [-0.05, 0) is 38.0 Å². The zero-order chi connectivity index (χ0) is 13.4. The number of ether oxygens (including phenoxy) is 1. The minimum atomic E-state index is -1.13. The third kappa shape index (κ3) is 4.38. The zero-order valence-electron chi connectivity index (χ0n) is 10.5. The number of anilines is 1. The Morgan fingerprint density at radius 3 is 2.89 bits per heavy atom. The highest BCUT2D eigenvalue weighted by molar-refractivity contribution is 7.85. The van der Waals surface area contributed by atoms with Crippen molar-refractivity contribution in [3.8, 4) is 11.8 Å². The third-order valence-electron chi connectivity index (χ3n) is 2.41. The number of nitrogens with zero attached hydrogens (tertiary/aromatic N) is 1. The highest BCUT2D eigenvalue weighted by Crippen LogP contribution is 2.23. The molecule has 0 heterocycles. The summed E-state index contributed by atoms with van der Waals surface area (Å²) in [6.07, 6.45) is 2.04. The molecule has 98 valence electrons. The van der Waals surface area contributed by atoms with Gasteiger partial charge in [0.1, 0.15) is 5.75 Å². The first-order valence-electron chi connectivity index (χ1n) is 5.96. The Labute approximate surface area is 110 Å². The van der Waals surface area contributed by atoms with Gasteiger partial charge in [-0.1, -0.05) is 0 Å². The van der Waals surface area contributed by atoms with E-state index in [2.05, 4.69) is 6.07 Å². The van der Waals surface area contributed by atoms with Crippen LogP contribution in [-0.2, 0) is 10.8 Å². The maximum atomic E-state index is 12.1. The van der Waals surface area contributed by atoms with Crippen molar-refractivity contribution in [1.29, 1.82) is 5.26 Å². The Hall–Kier alpha value is -1.54. The number of nitrogen functional groups attached to an aromatic ring is 1. The monoisotopic (exact) mass is 266 g/mol. The van der Waals surface area contributed by atoms with Gasteiger partial charge in [-0.3, -0.25) is 4.21 Å². The van der Waals surface area contributed by atoms with Crippen molar-refractivity contribution < 1.29 is 8.95 Å². The lowest BCUT2D eigenvalue weighted by Crippen LogP contribution is -2.03. The minimum absolute atomic E-state index is 0.506. The van der Waals surface area contributed by atoms with Crippen LogP contribution in [0.15, 0.2) is 23.1 Å². The Morgan fingerprint density at radius 2 is 2.22 bits per heavy atom. The van der Waals surface area contributed by atoms with Crippen LogP contribution in [-0.4, -0.2) is 16.6 Å². The largest absolute Gasteiger partial charge is 0.494 e. The fraction of sp³-hybridized carbons (Fsp3) is 0.462. The normalized spacial score (nSPS) is 11.8. The second-order valence-electron chi connectivity index (χ2n) is 3.80. The molecule has 0 saturated heterocycles. The van der Waals surface area contributed by atoms with Gasteiger partial charge >= 0.3 is 0 Å². The molecule has 0 saturated carbocycles. The summed E-state index contributed by atoms with van der Waals surface area (Å²) < 4.78 is 17.4. The molecule has 1 atom stereocenters. The molecular weight excluding hydrogens is 248 g/mol. The Balaban J connectivity index is 2.66. The lowest BCUT2D eigenvalue weighted by Gasteiger charge is -2.09. The zero-order valence-corrected chi connectivity index (χ0v) is 11.3. The first-order chi connectivity index (χ1) is 8.69. The molecule has 0 aliphatic carbocycles. The van der Waals surface area contributed by atoms with E-state index >= 15 is 0 Å². The topological polar surface area (TPSA) is 76.1 Å². The maximum Gasteiger partial charge on any atom is 0.120 e. The first-order valence-corrected chi connectivity index (χ1v) is 7.28. The fourth-order valence-electron chi connectivity index (χ4n) is 1.52. The molecule has 0 bridgehead atoms. The van der Waals surface area contributed by atoms with Gasteiger partial charge in [0.05, 0.1) is 28.4 Å². The summed E-state index contributed by atoms with van der Waals surface area (Å²) in [5, 5.41) is 8.43. The molecule has 1 rings (SSSR count). The van der Waals surface area contributed by atoms with Gasteiger partial charge in [0.15, 0.2) is 0 Å². The Kier molecular flexibility index (Phi) is 6.23. The van der Waals surface area contributed by atoms with Crippen LogP contribution in [0.5, 0.6) is 5.75 Å². The molecule has 0 fully saturated rings. The van der Waals surface area contributed by atoms with Crippen LogP contribution in [0.3, 0.4) is 0 Å². The van der Waals surface area contributed by atoms with Gasteiger partial charge in [0, 0.05) is 17.9 Å². The van der Waals surface area contributed by atoms with Crippen LogP contribution < -0.4 is 10.5 Å². The molecule has 5 heteroatoms. The molecule has 0 radical (unpaired) electrons. The van der Waals surface area contributed by atoms with Gasteiger partial charge in [-0.25, -0.2) is 0 Å². The molecule has 4 nitrogen and oxygen atoms in total. The van der Waals surface area contributed by atoms with Gasteiger partial charge in [0.25, 0.3) is 0 Å². The minimum Gasteiger partial charge on any atom is -0.494 e. The second-order valence-corrected chi connectivity index (χ2v) is 5.34. The summed E-state index contributed by atoms with van der Waals surface area (Å²) in [4.78, 5) is 0.623. The fourth-order valence-corrected chi connectivity index (χ4v) is 2.78. The van der Waals surface area contributed by atoms with Gasteiger partial charge in [-0.15, -0.1) is 0 Å². The average Bonchev–Trinajstić information content (AvgIpc) is 2.37. The molecular formula is C13H18N2O2S. The summed E-state index contributed by atoms with van der Waals surface area (Å²) in [6.45, 7) is 2.47. The van der Waals surface area contributed by atoms with Crippen LogP contribution >= 0.6 is 0 Å². The summed E-state index contributed by atoms with van der Waals surface area (Å²) >= 11 is 0. The highest BCUT2D eigenvalue weighted by Gasteiger charge is 2.09. The lowest BCUT2D eigenvalue weighted by atomic mass is 10.3. The number of hydrogen-bond donors (Lipinski definition) is 1. The van der Waals surface area contributed by atoms with Gasteiger partial charge in [-0.2, -0.15) is 5.26 Å². The number of unbranched alkanes of at least 4 members (excludes halogenated alkanes) is 2. The van der Waals surface area contributed by atoms with Crippen molar-refractivity contribution in [3.63, 3.8) is 0 Å². The average molecular weight is 266 g/mol. The van der Waals surface area contributed by atoms with Crippen LogP contribution in [0.2, 0.25) is 0 Å². The predicted molar refractivity (Wildman–Crippen MR) is 72.8 cm³/mol. The van der Waals surface area contributed by atoms with E-state index in [4.69, 9.17) is 15.7 Å². The van der Waals surface area contributed by atoms with E-state index in [1.165, 1.54) is 0 Å². The molecule has 18 heavy (non-hydrogen) atoms. The van der Waals surface area contributed by atoms with Crippen LogP contribution in [0.4, 0.5) is 5.69 Å². The Bertz CT molecular complexity index is 455. The van der Waals surface area contributed by atoms with E-state index in [1.807, 2.05) is 6.92 Å². The smallest absolute Gasteiger partial charge is 0.120 e. The molecule has 0 aromatic heterocycles. The van der Waals surface area contributed by atoms with Crippen molar-refractivity contribution >= 4 is 16.5 Å². The van der Waals surface area contributed by atoms with E-state index in [0.717, 1.165) is 12.8 Å². The Morgan fingerprint density at radius 1 is 1.44 bits per heavy atom. The summed E-state index contributed by atoms with van der Waals surface area (Å²) in [5.74, 6) is 1.22. The van der Waals surface area contributed by atoms with Crippen LogP contribution in [0.25, 0.3) is 0 Å². The number of rotatable bonds is 7. The van der Waals surface area contributed by atoms with Crippen molar-refractivity contribution in [1.82, 2.24) is 0 Å². The van der Waals surface area contributed by atoms with Crippen molar-refractivity contribution in [2.45, 2.75) is 31.1 Å². The van der Waals surface area contributed by atoms with E-state index in [1.54, 1.807) is 18.2 Å².